The molecular weight excluding hydrogens is 322 g/mol. The lowest BCUT2D eigenvalue weighted by molar-refractivity contribution is -0.148. The second-order valence-corrected chi connectivity index (χ2v) is 8.33. The summed E-state index contributed by atoms with van der Waals surface area (Å²) >= 11 is 0. The van der Waals surface area contributed by atoms with Gasteiger partial charge < -0.3 is 20.7 Å². The van der Waals surface area contributed by atoms with Crippen molar-refractivity contribution in [2.45, 2.75) is 50.6 Å². The van der Waals surface area contributed by atoms with Gasteiger partial charge in [-0.1, -0.05) is 0 Å². The molecule has 5 fully saturated rings. The molecular formula is C18H27N3O4. The molecule has 3 aliphatic carbocycles. The number of amides is 2. The van der Waals surface area contributed by atoms with E-state index in [1.807, 2.05) is 0 Å². The molecule has 0 aromatic heterocycles. The van der Waals surface area contributed by atoms with Crippen LogP contribution in [0.25, 0.3) is 0 Å². The molecule has 2 heterocycles. The molecule has 1 unspecified atom stereocenters. The molecule has 138 valence electrons. The molecule has 2 aliphatic heterocycles. The van der Waals surface area contributed by atoms with Crippen LogP contribution in [0.2, 0.25) is 0 Å². The minimum atomic E-state index is -0.762. The number of esters is 1. The zero-order chi connectivity index (χ0) is 17.6. The minimum Gasteiger partial charge on any atom is -0.467 e. The molecule has 2 saturated heterocycles. The smallest absolute Gasteiger partial charge is 0.328 e. The topological polar surface area (TPSA) is 96.5 Å². The molecule has 2 bridgehead atoms. The number of nitrogens with one attached hydrogen (secondary N) is 3. The van der Waals surface area contributed by atoms with Crippen LogP contribution >= 0.6 is 0 Å². The van der Waals surface area contributed by atoms with E-state index in [9.17, 15) is 14.4 Å². The zero-order valence-corrected chi connectivity index (χ0v) is 14.7. The van der Waals surface area contributed by atoms with Crippen LogP contribution in [0.4, 0.5) is 0 Å². The summed E-state index contributed by atoms with van der Waals surface area (Å²) in [7, 11) is 1.31. The highest BCUT2D eigenvalue weighted by Gasteiger charge is 2.61. The van der Waals surface area contributed by atoms with Crippen molar-refractivity contribution in [2.75, 3.05) is 20.2 Å². The number of rotatable bonds is 6. The van der Waals surface area contributed by atoms with Crippen LogP contribution in [-0.2, 0) is 19.1 Å². The zero-order valence-electron chi connectivity index (χ0n) is 14.7. The van der Waals surface area contributed by atoms with Gasteiger partial charge in [0.15, 0.2) is 0 Å². The highest BCUT2D eigenvalue weighted by molar-refractivity contribution is 5.88. The number of ether oxygens (including phenoxy) is 1. The van der Waals surface area contributed by atoms with Crippen molar-refractivity contribution in [3.63, 3.8) is 0 Å². The molecule has 0 aromatic rings. The fourth-order valence-corrected chi connectivity index (χ4v) is 5.23. The third kappa shape index (κ3) is 2.92. The van der Waals surface area contributed by atoms with Crippen molar-refractivity contribution < 1.29 is 19.1 Å². The van der Waals surface area contributed by atoms with Gasteiger partial charge in [0.2, 0.25) is 11.8 Å². The quantitative estimate of drug-likeness (QED) is 0.584. The van der Waals surface area contributed by atoms with Crippen molar-refractivity contribution in [2.24, 2.45) is 23.2 Å². The number of hydrogen-bond acceptors (Lipinski definition) is 5. The lowest BCUT2D eigenvalue weighted by Crippen LogP contribution is -2.56. The van der Waals surface area contributed by atoms with Gasteiger partial charge in [0, 0.05) is 12.5 Å². The Morgan fingerprint density at radius 2 is 2.12 bits per heavy atom. The van der Waals surface area contributed by atoms with Gasteiger partial charge in [0.05, 0.1) is 13.2 Å². The third-order valence-corrected chi connectivity index (χ3v) is 6.88. The predicted molar refractivity (Wildman–Crippen MR) is 89.4 cm³/mol. The Morgan fingerprint density at radius 3 is 2.68 bits per heavy atom. The Hall–Kier alpha value is -1.63. The Labute approximate surface area is 147 Å². The van der Waals surface area contributed by atoms with Gasteiger partial charge >= 0.3 is 5.97 Å². The average Bonchev–Trinajstić information content (AvgIpc) is 3.13. The van der Waals surface area contributed by atoms with Crippen molar-refractivity contribution in [1.29, 1.82) is 0 Å². The van der Waals surface area contributed by atoms with Gasteiger partial charge in [-0.2, -0.15) is 0 Å². The summed E-state index contributed by atoms with van der Waals surface area (Å²) in [5.74, 6) is 0.588. The van der Waals surface area contributed by atoms with Crippen LogP contribution < -0.4 is 16.0 Å². The van der Waals surface area contributed by atoms with Crippen LogP contribution in [0.1, 0.15) is 38.5 Å². The van der Waals surface area contributed by atoms with Crippen molar-refractivity contribution >= 4 is 17.8 Å². The fourth-order valence-electron chi connectivity index (χ4n) is 5.23. The second kappa shape index (κ2) is 6.27. The summed E-state index contributed by atoms with van der Waals surface area (Å²) < 4.78 is 4.82. The van der Waals surface area contributed by atoms with Gasteiger partial charge in [-0.25, -0.2) is 4.79 Å². The van der Waals surface area contributed by atoms with Gasteiger partial charge in [-0.3, -0.25) is 9.59 Å². The van der Waals surface area contributed by atoms with E-state index in [0.29, 0.717) is 30.7 Å². The number of carbonyl (C=O) groups excluding carboxylic acids is 3. The Balaban J connectivity index is 1.33. The standard InChI is InChI=1S/C18H27N3O4/c1-25-17(24)14(4-11-2-3-19-15(11)22)21-16(23)13-5-12(9-20-13)18-6-10(7-18)8-18/h10-14,20H,2-9H2,1H3,(H,19,22)(H,21,23)/t10?,11-,12?,13-,14-,18?/m0/s1. The van der Waals surface area contributed by atoms with E-state index in [4.69, 9.17) is 4.74 Å². The van der Waals surface area contributed by atoms with Crippen molar-refractivity contribution in [1.82, 2.24) is 16.0 Å². The van der Waals surface area contributed by atoms with Crippen molar-refractivity contribution in [3.05, 3.63) is 0 Å². The van der Waals surface area contributed by atoms with E-state index in [-0.39, 0.29) is 23.8 Å². The normalized spacial score (nSPS) is 39.8. The summed E-state index contributed by atoms with van der Waals surface area (Å²) in [6.07, 6.45) is 5.82. The lowest BCUT2D eigenvalue weighted by Gasteiger charge is -2.65. The molecule has 0 radical (unpaired) electrons. The molecule has 7 nitrogen and oxygen atoms in total. The summed E-state index contributed by atoms with van der Waals surface area (Å²) in [6.45, 7) is 1.51. The number of hydrogen-bond donors (Lipinski definition) is 3. The van der Waals surface area contributed by atoms with E-state index >= 15 is 0 Å². The molecule has 0 aromatic carbocycles. The Morgan fingerprint density at radius 1 is 1.36 bits per heavy atom. The maximum atomic E-state index is 12.6. The largest absolute Gasteiger partial charge is 0.467 e. The first-order valence-electron chi connectivity index (χ1n) is 9.40. The van der Waals surface area contributed by atoms with E-state index in [0.717, 1.165) is 18.9 Å². The molecule has 4 atom stereocenters. The van der Waals surface area contributed by atoms with Crippen LogP contribution in [-0.4, -0.2) is 50.1 Å². The molecule has 3 N–H and O–H groups in total. The van der Waals surface area contributed by atoms with Gasteiger partial charge in [-0.05, 0) is 62.3 Å². The van der Waals surface area contributed by atoms with Crippen LogP contribution in [0.3, 0.4) is 0 Å². The second-order valence-electron chi connectivity index (χ2n) is 8.33. The lowest BCUT2D eigenvalue weighted by atomic mass is 9.40. The minimum absolute atomic E-state index is 0.0502. The first-order chi connectivity index (χ1) is 12.0. The predicted octanol–water partition coefficient (Wildman–Crippen LogP) is -0.0514. The highest BCUT2D eigenvalue weighted by atomic mass is 16.5. The third-order valence-electron chi connectivity index (χ3n) is 6.88. The molecule has 5 aliphatic rings. The van der Waals surface area contributed by atoms with Gasteiger partial charge in [0.1, 0.15) is 6.04 Å². The Bertz CT molecular complexity index is 576. The van der Waals surface area contributed by atoms with Crippen LogP contribution in [0.15, 0.2) is 0 Å². The molecule has 0 spiro atoms. The summed E-state index contributed by atoms with van der Waals surface area (Å²) in [6, 6.07) is -1.01. The summed E-state index contributed by atoms with van der Waals surface area (Å²) in [5.41, 5.74) is 0.496. The summed E-state index contributed by atoms with van der Waals surface area (Å²) in [5, 5.41) is 8.91. The molecule has 25 heavy (non-hydrogen) atoms. The van der Waals surface area contributed by atoms with Crippen molar-refractivity contribution in [3.8, 4) is 0 Å². The van der Waals surface area contributed by atoms with E-state index < -0.39 is 12.0 Å². The summed E-state index contributed by atoms with van der Waals surface area (Å²) in [4.78, 5) is 36.5. The molecule has 5 rings (SSSR count). The van der Waals surface area contributed by atoms with Gasteiger partial charge in [-0.15, -0.1) is 0 Å². The van der Waals surface area contributed by atoms with Crippen LogP contribution in [0, 0.1) is 23.2 Å². The van der Waals surface area contributed by atoms with Gasteiger partial charge in [0.25, 0.3) is 0 Å². The van der Waals surface area contributed by atoms with E-state index in [1.54, 1.807) is 0 Å². The number of carbonyl (C=O) groups is 3. The first kappa shape index (κ1) is 16.8. The fraction of sp³-hybridized carbons (Fsp3) is 0.833. The Kier molecular flexibility index (Phi) is 4.22. The van der Waals surface area contributed by atoms with E-state index in [2.05, 4.69) is 16.0 Å². The molecule has 7 heteroatoms. The molecule has 3 saturated carbocycles. The maximum Gasteiger partial charge on any atom is 0.328 e. The van der Waals surface area contributed by atoms with Crippen LogP contribution in [0.5, 0.6) is 0 Å². The first-order valence-corrected chi connectivity index (χ1v) is 9.40. The highest BCUT2D eigenvalue weighted by Crippen LogP contribution is 2.69. The maximum absolute atomic E-state index is 12.6. The SMILES string of the molecule is COC(=O)[C@H](C[C@@H]1CCNC1=O)NC(=O)[C@@H]1CC(C23CC(C2)C3)CN1. The number of methoxy groups -OCH3 is 1. The molecule has 2 amide bonds. The monoisotopic (exact) mass is 349 g/mol. The van der Waals surface area contributed by atoms with E-state index in [1.165, 1.54) is 26.4 Å². The average molecular weight is 349 g/mol.